The summed E-state index contributed by atoms with van der Waals surface area (Å²) in [7, 11) is 0. The summed E-state index contributed by atoms with van der Waals surface area (Å²) >= 11 is 0. The van der Waals surface area contributed by atoms with Crippen LogP contribution in [0, 0.1) is 0 Å². The van der Waals surface area contributed by atoms with Crippen LogP contribution in [0.2, 0.25) is 0 Å². The van der Waals surface area contributed by atoms with Gasteiger partial charge in [0.2, 0.25) is 0 Å². The minimum atomic E-state index is -0.615. The monoisotopic (exact) mass is 333 g/mol. The molecule has 0 atom stereocenters. The molecule has 6 heteroatoms. The first kappa shape index (κ1) is 18.0. The minimum Gasteiger partial charge on any atom is -0.504 e. The first-order valence-electron chi connectivity index (χ1n) is 7.62. The highest BCUT2D eigenvalue weighted by atomic mass is 16.5. The summed E-state index contributed by atoms with van der Waals surface area (Å²) in [4.78, 5) is 11.9. The average molecular weight is 333 g/mol. The number of hydrogen-bond donors (Lipinski definition) is 3. The van der Waals surface area contributed by atoms with Crippen LogP contribution in [-0.4, -0.2) is 44.1 Å². The van der Waals surface area contributed by atoms with Crippen molar-refractivity contribution >= 4 is 12.0 Å². The van der Waals surface area contributed by atoms with Gasteiger partial charge in [0.1, 0.15) is 6.61 Å². The minimum absolute atomic E-state index is 0.0808. The van der Waals surface area contributed by atoms with Crippen LogP contribution >= 0.6 is 0 Å². The topological polar surface area (TPSA) is 90.2 Å². The number of benzene rings is 1. The maximum Gasteiger partial charge on any atom is 0.331 e. The van der Waals surface area contributed by atoms with Crippen molar-refractivity contribution in [2.75, 3.05) is 6.61 Å². The van der Waals surface area contributed by atoms with E-state index in [4.69, 9.17) is 4.74 Å². The Balaban J connectivity index is 1.98. The largest absolute Gasteiger partial charge is 0.504 e. The van der Waals surface area contributed by atoms with E-state index in [0.29, 0.717) is 5.56 Å². The number of rotatable bonds is 4. The quantitative estimate of drug-likeness (QED) is 0.340. The molecule has 0 unspecified atom stereocenters. The molecule has 6 nitrogen and oxygen atoms in total. The van der Waals surface area contributed by atoms with Gasteiger partial charge in [-0.3, -0.25) is 0 Å². The molecule has 0 saturated heterocycles. The van der Waals surface area contributed by atoms with E-state index in [1.165, 1.54) is 29.3 Å². The molecular weight excluding hydrogens is 310 g/mol. The second-order valence-corrected chi connectivity index (χ2v) is 6.88. The number of aromatic hydroxyl groups is 2. The van der Waals surface area contributed by atoms with Gasteiger partial charge < -0.3 is 20.2 Å². The number of phenolic OH excluding ortho intramolecular Hbond substituents is 2. The van der Waals surface area contributed by atoms with Gasteiger partial charge in [-0.1, -0.05) is 12.1 Å². The molecule has 0 aromatic heterocycles. The Morgan fingerprint density at radius 2 is 1.88 bits per heavy atom. The van der Waals surface area contributed by atoms with Crippen LogP contribution in [0.15, 0.2) is 35.9 Å². The summed E-state index contributed by atoms with van der Waals surface area (Å²) in [5, 5.41) is 30.1. The number of esters is 1. The second-order valence-electron chi connectivity index (χ2n) is 6.88. The summed E-state index contributed by atoms with van der Waals surface area (Å²) in [6.45, 7) is 7.55. The number of phenols is 2. The third-order valence-electron chi connectivity index (χ3n) is 4.17. The molecule has 1 aliphatic heterocycles. The Hall–Kier alpha value is -2.31. The van der Waals surface area contributed by atoms with Gasteiger partial charge in [-0.05, 0) is 57.0 Å². The van der Waals surface area contributed by atoms with Crippen molar-refractivity contribution in [2.45, 2.75) is 38.8 Å². The van der Waals surface area contributed by atoms with E-state index < -0.39 is 17.0 Å². The third kappa shape index (κ3) is 3.60. The number of ether oxygens (including phenoxy) is 1. The van der Waals surface area contributed by atoms with Crippen molar-refractivity contribution < 1.29 is 25.0 Å². The summed E-state index contributed by atoms with van der Waals surface area (Å²) in [6, 6.07) is 4.24. The predicted octanol–water partition coefficient (Wildman–Crippen LogP) is 2.84. The van der Waals surface area contributed by atoms with E-state index in [-0.39, 0.29) is 18.1 Å². The molecule has 0 radical (unpaired) electrons. The SMILES string of the molecule is CC1(C)C=C(COC(=O)/C=C/c2ccc(O)c(O)c2)C(C)(C)N1O. The van der Waals surface area contributed by atoms with Crippen molar-refractivity contribution in [1.29, 1.82) is 0 Å². The Bertz CT molecular complexity index is 703. The summed E-state index contributed by atoms with van der Waals surface area (Å²) < 4.78 is 5.24. The molecule has 0 amide bonds. The second kappa shape index (κ2) is 6.30. The summed E-state index contributed by atoms with van der Waals surface area (Å²) in [5.41, 5.74) is 0.241. The van der Waals surface area contributed by atoms with Crippen molar-refractivity contribution in [3.05, 3.63) is 41.5 Å². The summed E-state index contributed by atoms with van der Waals surface area (Å²) in [5.74, 6) is -1.01. The molecule has 1 aromatic carbocycles. The van der Waals surface area contributed by atoms with Gasteiger partial charge in [-0.25, -0.2) is 4.79 Å². The number of carbonyl (C=O) groups excluding carboxylic acids is 1. The lowest BCUT2D eigenvalue weighted by Gasteiger charge is -2.36. The lowest BCUT2D eigenvalue weighted by atomic mass is 9.97. The van der Waals surface area contributed by atoms with Crippen LogP contribution in [0.1, 0.15) is 33.3 Å². The maximum atomic E-state index is 11.9. The molecule has 0 aliphatic carbocycles. The van der Waals surface area contributed by atoms with Crippen LogP contribution in [0.3, 0.4) is 0 Å². The van der Waals surface area contributed by atoms with Crippen molar-refractivity contribution in [3.63, 3.8) is 0 Å². The van der Waals surface area contributed by atoms with Gasteiger partial charge in [0.25, 0.3) is 0 Å². The van der Waals surface area contributed by atoms with Gasteiger partial charge in [0.15, 0.2) is 11.5 Å². The normalized spacial score (nSPS) is 19.5. The molecule has 1 heterocycles. The Morgan fingerprint density at radius 3 is 2.42 bits per heavy atom. The fourth-order valence-corrected chi connectivity index (χ4v) is 2.74. The molecule has 0 fully saturated rings. The van der Waals surface area contributed by atoms with Crippen LogP contribution in [0.25, 0.3) is 6.08 Å². The molecule has 0 saturated carbocycles. The van der Waals surface area contributed by atoms with Gasteiger partial charge in [0.05, 0.1) is 11.1 Å². The molecule has 2 rings (SSSR count). The smallest absolute Gasteiger partial charge is 0.331 e. The Kier molecular flexibility index (Phi) is 4.73. The average Bonchev–Trinajstić information content (AvgIpc) is 2.66. The van der Waals surface area contributed by atoms with E-state index in [0.717, 1.165) is 5.57 Å². The van der Waals surface area contributed by atoms with Crippen molar-refractivity contribution in [3.8, 4) is 11.5 Å². The highest BCUT2D eigenvalue weighted by molar-refractivity contribution is 5.87. The number of carbonyl (C=O) groups is 1. The van der Waals surface area contributed by atoms with E-state index in [1.54, 1.807) is 6.07 Å². The zero-order valence-electron chi connectivity index (χ0n) is 14.3. The first-order chi connectivity index (χ1) is 11.0. The van der Waals surface area contributed by atoms with Crippen LogP contribution in [-0.2, 0) is 9.53 Å². The Morgan fingerprint density at radius 1 is 1.21 bits per heavy atom. The van der Waals surface area contributed by atoms with Crippen LogP contribution < -0.4 is 0 Å². The molecule has 130 valence electrons. The van der Waals surface area contributed by atoms with Crippen LogP contribution in [0.4, 0.5) is 0 Å². The maximum absolute atomic E-state index is 11.9. The third-order valence-corrected chi connectivity index (χ3v) is 4.17. The van der Waals surface area contributed by atoms with Gasteiger partial charge >= 0.3 is 5.97 Å². The fourth-order valence-electron chi connectivity index (χ4n) is 2.74. The van der Waals surface area contributed by atoms with E-state index in [2.05, 4.69) is 0 Å². The van der Waals surface area contributed by atoms with Gasteiger partial charge in [0, 0.05) is 6.08 Å². The standard InChI is InChI=1S/C18H23NO5/c1-17(2)10-13(18(3,4)19(17)23)11-24-16(22)8-6-12-5-7-14(20)15(21)9-12/h5-10,20-21,23H,11H2,1-4H3/b8-6+. The molecule has 3 N–H and O–H groups in total. The molecule has 0 spiro atoms. The van der Waals surface area contributed by atoms with Crippen LogP contribution in [0.5, 0.6) is 11.5 Å². The lowest BCUT2D eigenvalue weighted by molar-refractivity contribution is -0.186. The fraction of sp³-hybridized carbons (Fsp3) is 0.389. The molecule has 24 heavy (non-hydrogen) atoms. The summed E-state index contributed by atoms with van der Waals surface area (Å²) in [6.07, 6.45) is 4.62. The molecule has 1 aliphatic rings. The highest BCUT2D eigenvalue weighted by Crippen LogP contribution is 2.38. The lowest BCUT2D eigenvalue weighted by Crippen LogP contribution is -2.48. The molecule has 1 aromatic rings. The zero-order chi connectivity index (χ0) is 18.1. The molecule has 0 bridgehead atoms. The predicted molar refractivity (Wildman–Crippen MR) is 89.6 cm³/mol. The first-order valence-corrected chi connectivity index (χ1v) is 7.62. The number of nitrogens with zero attached hydrogens (tertiary/aromatic N) is 1. The highest BCUT2D eigenvalue weighted by Gasteiger charge is 2.45. The molecular formula is C18H23NO5. The zero-order valence-corrected chi connectivity index (χ0v) is 14.3. The van der Waals surface area contributed by atoms with E-state index in [1.807, 2.05) is 33.8 Å². The number of hydrogen-bond acceptors (Lipinski definition) is 6. The number of hydroxylamine groups is 2. The van der Waals surface area contributed by atoms with Gasteiger partial charge in [-0.2, -0.15) is 5.06 Å². The van der Waals surface area contributed by atoms with Gasteiger partial charge in [-0.15, -0.1) is 0 Å². The van der Waals surface area contributed by atoms with E-state index >= 15 is 0 Å². The van der Waals surface area contributed by atoms with Crippen molar-refractivity contribution in [1.82, 2.24) is 5.06 Å². The van der Waals surface area contributed by atoms with E-state index in [9.17, 15) is 20.2 Å². The van der Waals surface area contributed by atoms with Crippen molar-refractivity contribution in [2.24, 2.45) is 0 Å². The Labute approximate surface area is 141 Å².